The molecule has 17 heavy (non-hydrogen) atoms. The summed E-state index contributed by atoms with van der Waals surface area (Å²) < 4.78 is 5.29. The van der Waals surface area contributed by atoms with Crippen molar-refractivity contribution in [1.29, 1.82) is 0 Å². The minimum atomic E-state index is -0.113. The van der Waals surface area contributed by atoms with E-state index in [0.29, 0.717) is 12.3 Å². The molecule has 2 N–H and O–H groups in total. The maximum atomic E-state index is 11.4. The number of ether oxygens (including phenoxy) is 1. The van der Waals surface area contributed by atoms with Gasteiger partial charge in [0, 0.05) is 13.2 Å². The molecule has 0 radical (unpaired) electrons. The first kappa shape index (κ1) is 13.5. The van der Waals surface area contributed by atoms with Crippen LogP contribution in [0, 0.1) is 0 Å². The molecule has 0 aliphatic rings. The number of aliphatic hydroxyl groups excluding tert-OH is 1. The molecule has 0 fully saturated rings. The molecule has 0 bridgehead atoms. The van der Waals surface area contributed by atoms with Gasteiger partial charge in [0.1, 0.15) is 5.75 Å². The first-order valence-electron chi connectivity index (χ1n) is 5.88. The van der Waals surface area contributed by atoms with E-state index in [2.05, 4.69) is 5.32 Å². The summed E-state index contributed by atoms with van der Waals surface area (Å²) in [4.78, 5) is 11.4. The Morgan fingerprint density at radius 3 is 2.65 bits per heavy atom. The van der Waals surface area contributed by atoms with Crippen LogP contribution < -0.4 is 10.1 Å². The molecule has 1 aromatic carbocycles. The normalized spacial score (nSPS) is 9.94. The molecule has 1 amide bonds. The van der Waals surface area contributed by atoms with E-state index in [1.807, 2.05) is 30.3 Å². The fraction of sp³-hybridized carbons (Fsp3) is 0.462. The predicted octanol–water partition coefficient (Wildman–Crippen LogP) is 1.34. The van der Waals surface area contributed by atoms with E-state index in [4.69, 9.17) is 9.84 Å². The Balaban J connectivity index is 2.05. The number of carbonyl (C=O) groups excluding carboxylic acids is 1. The predicted molar refractivity (Wildman–Crippen MR) is 65.9 cm³/mol. The van der Waals surface area contributed by atoms with Gasteiger partial charge in [-0.05, 0) is 31.4 Å². The lowest BCUT2D eigenvalue weighted by Gasteiger charge is -2.07. The van der Waals surface area contributed by atoms with Crippen LogP contribution in [0.1, 0.15) is 19.3 Å². The summed E-state index contributed by atoms with van der Waals surface area (Å²) in [6.07, 6.45) is 2.60. The van der Waals surface area contributed by atoms with Crippen LogP contribution >= 0.6 is 0 Å². The van der Waals surface area contributed by atoms with Crippen LogP contribution in [-0.4, -0.2) is 30.8 Å². The van der Waals surface area contributed by atoms with Crippen LogP contribution in [0.2, 0.25) is 0 Å². The second kappa shape index (κ2) is 8.58. The third-order valence-electron chi connectivity index (χ3n) is 2.27. The Hall–Kier alpha value is -1.55. The fourth-order valence-electron chi connectivity index (χ4n) is 1.36. The molecular formula is C13H19NO3. The van der Waals surface area contributed by atoms with Crippen LogP contribution in [0.15, 0.2) is 30.3 Å². The zero-order chi connectivity index (χ0) is 12.3. The number of carbonyl (C=O) groups is 1. The van der Waals surface area contributed by atoms with E-state index in [0.717, 1.165) is 19.3 Å². The van der Waals surface area contributed by atoms with E-state index >= 15 is 0 Å². The highest BCUT2D eigenvalue weighted by molar-refractivity contribution is 5.77. The molecule has 0 saturated heterocycles. The van der Waals surface area contributed by atoms with Crippen LogP contribution in [0.5, 0.6) is 5.75 Å². The molecule has 0 aromatic heterocycles. The van der Waals surface area contributed by atoms with Crippen LogP contribution in [-0.2, 0) is 4.79 Å². The highest BCUT2D eigenvalue weighted by Crippen LogP contribution is 2.07. The van der Waals surface area contributed by atoms with Crippen molar-refractivity contribution >= 4 is 5.91 Å². The molecule has 0 atom stereocenters. The lowest BCUT2D eigenvalue weighted by molar-refractivity contribution is -0.123. The highest BCUT2D eigenvalue weighted by atomic mass is 16.5. The number of para-hydroxylation sites is 1. The van der Waals surface area contributed by atoms with Gasteiger partial charge in [0.2, 0.25) is 0 Å². The quantitative estimate of drug-likeness (QED) is 0.671. The number of hydrogen-bond acceptors (Lipinski definition) is 3. The Bertz CT molecular complexity index is 314. The zero-order valence-corrected chi connectivity index (χ0v) is 9.89. The number of rotatable bonds is 8. The van der Waals surface area contributed by atoms with Crippen LogP contribution in [0.4, 0.5) is 0 Å². The highest BCUT2D eigenvalue weighted by Gasteiger charge is 2.01. The third kappa shape index (κ3) is 6.58. The van der Waals surface area contributed by atoms with Crippen molar-refractivity contribution in [3.8, 4) is 5.75 Å². The average Bonchev–Trinajstić information content (AvgIpc) is 2.37. The molecule has 0 spiro atoms. The second-order valence-corrected chi connectivity index (χ2v) is 3.74. The number of nitrogens with one attached hydrogen (secondary N) is 1. The molecule has 1 aromatic rings. The maximum absolute atomic E-state index is 11.4. The Morgan fingerprint density at radius 1 is 1.18 bits per heavy atom. The van der Waals surface area contributed by atoms with Gasteiger partial charge in [0.05, 0.1) is 0 Å². The standard InChI is InChI=1S/C13H19NO3/c15-10-6-2-5-9-14-13(16)11-17-12-7-3-1-4-8-12/h1,3-4,7-8,15H,2,5-6,9-11H2,(H,14,16). The maximum Gasteiger partial charge on any atom is 0.257 e. The Labute approximate surface area is 102 Å². The van der Waals surface area contributed by atoms with Gasteiger partial charge < -0.3 is 15.2 Å². The molecule has 0 heterocycles. The van der Waals surface area contributed by atoms with Crippen molar-refractivity contribution in [2.75, 3.05) is 19.8 Å². The topological polar surface area (TPSA) is 58.6 Å². The van der Waals surface area contributed by atoms with Crippen LogP contribution in [0.25, 0.3) is 0 Å². The van der Waals surface area contributed by atoms with Gasteiger partial charge in [0.25, 0.3) is 5.91 Å². The molecule has 0 saturated carbocycles. The molecule has 1 rings (SSSR count). The van der Waals surface area contributed by atoms with E-state index < -0.39 is 0 Å². The second-order valence-electron chi connectivity index (χ2n) is 3.74. The summed E-state index contributed by atoms with van der Waals surface area (Å²) >= 11 is 0. The molecule has 0 aliphatic heterocycles. The summed E-state index contributed by atoms with van der Waals surface area (Å²) in [5.41, 5.74) is 0. The van der Waals surface area contributed by atoms with Gasteiger partial charge in [-0.2, -0.15) is 0 Å². The van der Waals surface area contributed by atoms with E-state index in [1.165, 1.54) is 0 Å². The summed E-state index contributed by atoms with van der Waals surface area (Å²) in [5.74, 6) is 0.584. The Kier molecular flexibility index (Phi) is 6.82. The van der Waals surface area contributed by atoms with Crippen molar-refractivity contribution < 1.29 is 14.6 Å². The smallest absolute Gasteiger partial charge is 0.257 e. The van der Waals surface area contributed by atoms with Gasteiger partial charge in [-0.1, -0.05) is 18.2 Å². The van der Waals surface area contributed by atoms with Gasteiger partial charge in [-0.25, -0.2) is 0 Å². The zero-order valence-electron chi connectivity index (χ0n) is 9.89. The molecule has 0 unspecified atom stereocenters. The van der Waals surface area contributed by atoms with Gasteiger partial charge >= 0.3 is 0 Å². The van der Waals surface area contributed by atoms with Crippen molar-refractivity contribution in [2.24, 2.45) is 0 Å². The Morgan fingerprint density at radius 2 is 1.94 bits per heavy atom. The summed E-state index contributed by atoms with van der Waals surface area (Å²) in [6.45, 7) is 0.895. The average molecular weight is 237 g/mol. The first-order valence-corrected chi connectivity index (χ1v) is 5.88. The molecule has 4 nitrogen and oxygen atoms in total. The van der Waals surface area contributed by atoms with Crippen molar-refractivity contribution in [3.63, 3.8) is 0 Å². The van der Waals surface area contributed by atoms with Crippen LogP contribution in [0.3, 0.4) is 0 Å². The lowest BCUT2D eigenvalue weighted by Crippen LogP contribution is -2.29. The molecule has 94 valence electrons. The number of unbranched alkanes of at least 4 members (excludes halogenated alkanes) is 2. The molecule has 0 aliphatic carbocycles. The van der Waals surface area contributed by atoms with E-state index in [9.17, 15) is 4.79 Å². The summed E-state index contributed by atoms with van der Waals surface area (Å²) in [5, 5.41) is 11.3. The minimum absolute atomic E-state index is 0.0456. The lowest BCUT2D eigenvalue weighted by atomic mass is 10.2. The van der Waals surface area contributed by atoms with Crippen molar-refractivity contribution in [2.45, 2.75) is 19.3 Å². The van der Waals surface area contributed by atoms with Gasteiger partial charge in [-0.3, -0.25) is 4.79 Å². The van der Waals surface area contributed by atoms with E-state index in [-0.39, 0.29) is 19.1 Å². The first-order chi connectivity index (χ1) is 8.33. The number of amides is 1. The summed E-state index contributed by atoms with van der Waals surface area (Å²) in [6, 6.07) is 9.25. The van der Waals surface area contributed by atoms with E-state index in [1.54, 1.807) is 0 Å². The van der Waals surface area contributed by atoms with Gasteiger partial charge in [-0.15, -0.1) is 0 Å². The van der Waals surface area contributed by atoms with Crippen molar-refractivity contribution in [1.82, 2.24) is 5.32 Å². The summed E-state index contributed by atoms with van der Waals surface area (Å²) in [7, 11) is 0. The largest absolute Gasteiger partial charge is 0.484 e. The number of aliphatic hydroxyl groups is 1. The molecular weight excluding hydrogens is 218 g/mol. The monoisotopic (exact) mass is 237 g/mol. The molecule has 4 heteroatoms. The third-order valence-corrected chi connectivity index (χ3v) is 2.27. The fourth-order valence-corrected chi connectivity index (χ4v) is 1.36. The van der Waals surface area contributed by atoms with Crippen molar-refractivity contribution in [3.05, 3.63) is 30.3 Å². The SMILES string of the molecule is O=C(COc1ccccc1)NCCCCCO. The number of hydrogen-bond donors (Lipinski definition) is 2. The van der Waals surface area contributed by atoms with Gasteiger partial charge in [0.15, 0.2) is 6.61 Å². The minimum Gasteiger partial charge on any atom is -0.484 e. The number of benzene rings is 1.